The second-order valence-electron chi connectivity index (χ2n) is 4.95. The van der Waals surface area contributed by atoms with Crippen molar-refractivity contribution in [2.24, 2.45) is 0 Å². The Labute approximate surface area is 114 Å². The van der Waals surface area contributed by atoms with Crippen molar-refractivity contribution >= 4 is 5.91 Å². The molecule has 1 saturated heterocycles. The molecular formula is C15H22N2O2. The molecule has 2 N–H and O–H groups in total. The summed E-state index contributed by atoms with van der Waals surface area (Å²) in [5, 5.41) is 6.19. The maximum absolute atomic E-state index is 11.9. The van der Waals surface area contributed by atoms with Gasteiger partial charge in [-0.3, -0.25) is 4.79 Å². The van der Waals surface area contributed by atoms with Gasteiger partial charge in [-0.05, 0) is 45.0 Å². The zero-order valence-electron chi connectivity index (χ0n) is 11.4. The zero-order valence-corrected chi connectivity index (χ0v) is 11.4. The van der Waals surface area contributed by atoms with E-state index in [0.29, 0.717) is 24.8 Å². The van der Waals surface area contributed by atoms with E-state index >= 15 is 0 Å². The minimum atomic E-state index is -0.0300. The monoisotopic (exact) mass is 262 g/mol. The molecule has 0 unspecified atom stereocenters. The van der Waals surface area contributed by atoms with Crippen molar-refractivity contribution in [1.29, 1.82) is 0 Å². The Morgan fingerprint density at radius 1 is 1.42 bits per heavy atom. The van der Waals surface area contributed by atoms with Gasteiger partial charge in [0.05, 0.1) is 12.7 Å². The lowest BCUT2D eigenvalue weighted by atomic mass is 10.1. The maximum Gasteiger partial charge on any atom is 0.251 e. The highest BCUT2D eigenvalue weighted by molar-refractivity contribution is 5.94. The van der Waals surface area contributed by atoms with Crippen molar-refractivity contribution in [1.82, 2.24) is 10.6 Å². The van der Waals surface area contributed by atoms with Gasteiger partial charge in [0.25, 0.3) is 5.91 Å². The standard InChI is InChI=1S/C15H22N2O2/c1-12-3-2-4-13(11-12)15(18)17-9-10-19-14-5-7-16-8-6-14/h2-4,11,14,16H,5-10H2,1H3,(H,17,18). The number of rotatable bonds is 5. The Hall–Kier alpha value is -1.39. The lowest BCUT2D eigenvalue weighted by Crippen LogP contribution is -2.34. The molecule has 0 aliphatic carbocycles. The summed E-state index contributed by atoms with van der Waals surface area (Å²) in [7, 11) is 0. The quantitative estimate of drug-likeness (QED) is 0.791. The van der Waals surface area contributed by atoms with E-state index in [0.717, 1.165) is 31.5 Å². The van der Waals surface area contributed by atoms with E-state index in [2.05, 4.69) is 10.6 Å². The Kier molecular flexibility index (Phi) is 5.36. The topological polar surface area (TPSA) is 50.4 Å². The average Bonchev–Trinajstić information content (AvgIpc) is 2.44. The molecule has 0 radical (unpaired) electrons. The van der Waals surface area contributed by atoms with Crippen LogP contribution < -0.4 is 10.6 Å². The molecule has 2 rings (SSSR count). The van der Waals surface area contributed by atoms with Crippen LogP contribution in [-0.2, 0) is 4.74 Å². The van der Waals surface area contributed by atoms with Crippen molar-refractivity contribution < 1.29 is 9.53 Å². The molecule has 1 aliphatic rings. The fourth-order valence-corrected chi connectivity index (χ4v) is 2.24. The molecule has 0 spiro atoms. The molecule has 0 saturated carbocycles. The van der Waals surface area contributed by atoms with E-state index < -0.39 is 0 Å². The second-order valence-corrected chi connectivity index (χ2v) is 4.95. The van der Waals surface area contributed by atoms with Crippen LogP contribution in [0.1, 0.15) is 28.8 Å². The van der Waals surface area contributed by atoms with Gasteiger partial charge in [-0.1, -0.05) is 17.7 Å². The third-order valence-corrected chi connectivity index (χ3v) is 3.31. The Balaban J connectivity index is 1.66. The Morgan fingerprint density at radius 2 is 2.21 bits per heavy atom. The van der Waals surface area contributed by atoms with Gasteiger partial charge in [-0.25, -0.2) is 0 Å². The summed E-state index contributed by atoms with van der Waals surface area (Å²) < 4.78 is 5.74. The molecular weight excluding hydrogens is 240 g/mol. The number of hydrogen-bond donors (Lipinski definition) is 2. The smallest absolute Gasteiger partial charge is 0.251 e. The number of hydrogen-bond acceptors (Lipinski definition) is 3. The molecule has 0 bridgehead atoms. The summed E-state index contributed by atoms with van der Waals surface area (Å²) in [6.45, 7) is 5.19. The first-order valence-corrected chi connectivity index (χ1v) is 6.93. The summed E-state index contributed by atoms with van der Waals surface area (Å²) in [6.07, 6.45) is 2.47. The predicted molar refractivity (Wildman–Crippen MR) is 75.4 cm³/mol. The molecule has 1 heterocycles. The van der Waals surface area contributed by atoms with Crippen LogP contribution in [0.5, 0.6) is 0 Å². The van der Waals surface area contributed by atoms with Crippen LogP contribution in [0.15, 0.2) is 24.3 Å². The number of benzene rings is 1. The Bertz CT molecular complexity index is 414. The fourth-order valence-electron chi connectivity index (χ4n) is 2.24. The van der Waals surface area contributed by atoms with Crippen molar-refractivity contribution in [3.63, 3.8) is 0 Å². The molecule has 4 heteroatoms. The van der Waals surface area contributed by atoms with Crippen LogP contribution in [-0.4, -0.2) is 38.3 Å². The molecule has 1 aromatic rings. The first-order chi connectivity index (χ1) is 9.25. The minimum absolute atomic E-state index is 0.0300. The van der Waals surface area contributed by atoms with Gasteiger partial charge < -0.3 is 15.4 Å². The predicted octanol–water partition coefficient (Wildman–Crippen LogP) is 1.49. The van der Waals surface area contributed by atoms with E-state index in [-0.39, 0.29) is 5.91 Å². The highest BCUT2D eigenvalue weighted by atomic mass is 16.5. The van der Waals surface area contributed by atoms with Crippen molar-refractivity contribution in [2.75, 3.05) is 26.2 Å². The molecule has 104 valence electrons. The largest absolute Gasteiger partial charge is 0.376 e. The van der Waals surface area contributed by atoms with Gasteiger partial charge in [0, 0.05) is 12.1 Å². The van der Waals surface area contributed by atoms with Crippen LogP contribution in [0, 0.1) is 6.92 Å². The van der Waals surface area contributed by atoms with Gasteiger partial charge in [-0.15, -0.1) is 0 Å². The number of carbonyl (C=O) groups excluding carboxylic acids is 1. The van der Waals surface area contributed by atoms with E-state index in [1.807, 2.05) is 31.2 Å². The molecule has 1 aliphatic heterocycles. The summed E-state index contributed by atoms with van der Waals surface area (Å²) in [5.41, 5.74) is 1.81. The molecule has 0 atom stereocenters. The van der Waals surface area contributed by atoms with Crippen LogP contribution in [0.2, 0.25) is 0 Å². The van der Waals surface area contributed by atoms with E-state index in [1.165, 1.54) is 0 Å². The highest BCUT2D eigenvalue weighted by Crippen LogP contribution is 2.06. The molecule has 1 amide bonds. The minimum Gasteiger partial charge on any atom is -0.376 e. The summed E-state index contributed by atoms with van der Waals surface area (Å²) >= 11 is 0. The first-order valence-electron chi connectivity index (χ1n) is 6.93. The lowest BCUT2D eigenvalue weighted by molar-refractivity contribution is 0.0343. The Morgan fingerprint density at radius 3 is 2.95 bits per heavy atom. The normalized spacial score (nSPS) is 16.3. The van der Waals surface area contributed by atoms with Crippen molar-refractivity contribution in [3.8, 4) is 0 Å². The average molecular weight is 262 g/mol. The van der Waals surface area contributed by atoms with Crippen LogP contribution in [0.4, 0.5) is 0 Å². The lowest BCUT2D eigenvalue weighted by Gasteiger charge is -2.22. The number of nitrogens with one attached hydrogen (secondary N) is 2. The maximum atomic E-state index is 11.9. The third kappa shape index (κ3) is 4.65. The zero-order chi connectivity index (χ0) is 13.5. The molecule has 19 heavy (non-hydrogen) atoms. The van der Waals surface area contributed by atoms with E-state index in [1.54, 1.807) is 0 Å². The molecule has 1 fully saturated rings. The van der Waals surface area contributed by atoms with Gasteiger partial charge in [-0.2, -0.15) is 0 Å². The van der Waals surface area contributed by atoms with Gasteiger partial charge in [0.15, 0.2) is 0 Å². The number of amides is 1. The van der Waals surface area contributed by atoms with Gasteiger partial charge >= 0.3 is 0 Å². The second kappa shape index (κ2) is 7.26. The number of ether oxygens (including phenoxy) is 1. The number of carbonyl (C=O) groups is 1. The van der Waals surface area contributed by atoms with E-state index in [4.69, 9.17) is 4.74 Å². The molecule has 0 aromatic heterocycles. The van der Waals surface area contributed by atoms with E-state index in [9.17, 15) is 4.79 Å². The first kappa shape index (κ1) is 14.0. The van der Waals surface area contributed by atoms with Crippen molar-refractivity contribution in [3.05, 3.63) is 35.4 Å². The summed E-state index contributed by atoms with van der Waals surface area (Å²) in [6, 6.07) is 7.60. The molecule has 1 aromatic carbocycles. The van der Waals surface area contributed by atoms with Crippen LogP contribution in [0.3, 0.4) is 0 Å². The number of piperidine rings is 1. The fraction of sp³-hybridized carbons (Fsp3) is 0.533. The number of aryl methyl sites for hydroxylation is 1. The van der Waals surface area contributed by atoms with Gasteiger partial charge in [0.2, 0.25) is 0 Å². The summed E-state index contributed by atoms with van der Waals surface area (Å²) in [4.78, 5) is 11.9. The van der Waals surface area contributed by atoms with Gasteiger partial charge in [0.1, 0.15) is 0 Å². The van der Waals surface area contributed by atoms with Crippen LogP contribution >= 0.6 is 0 Å². The summed E-state index contributed by atoms with van der Waals surface area (Å²) in [5.74, 6) is -0.0300. The highest BCUT2D eigenvalue weighted by Gasteiger charge is 2.12. The molecule has 4 nitrogen and oxygen atoms in total. The van der Waals surface area contributed by atoms with Crippen LogP contribution in [0.25, 0.3) is 0 Å². The third-order valence-electron chi connectivity index (χ3n) is 3.31. The van der Waals surface area contributed by atoms with Crippen molar-refractivity contribution in [2.45, 2.75) is 25.9 Å². The SMILES string of the molecule is Cc1cccc(C(=O)NCCOC2CCNCC2)c1.